The Labute approximate surface area is 125 Å². The molecule has 1 aliphatic heterocycles. The Morgan fingerprint density at radius 2 is 2.10 bits per heavy atom. The summed E-state index contributed by atoms with van der Waals surface area (Å²) in [7, 11) is 0. The van der Waals surface area contributed by atoms with Gasteiger partial charge in [0, 0.05) is 17.5 Å². The second-order valence-electron chi connectivity index (χ2n) is 5.45. The van der Waals surface area contributed by atoms with Gasteiger partial charge in [-0.1, -0.05) is 37.3 Å². The normalized spacial score (nSPS) is 18.1. The van der Waals surface area contributed by atoms with Gasteiger partial charge in [-0.15, -0.1) is 0 Å². The lowest BCUT2D eigenvalue weighted by Crippen LogP contribution is -2.37. The standard InChI is InChI=1S/C18H20FNO/c1-2-20-17(11-13-6-5-7-14(19)10-13)16-12-21-18-9-4-3-8-15(16)18/h3-10,16-17,20H,2,11-12H2,1H3. The predicted octanol–water partition coefficient (Wildman–Crippen LogP) is 3.52. The number of fused-ring (bicyclic) bond motifs is 1. The van der Waals surface area contributed by atoms with Crippen LogP contribution in [0.5, 0.6) is 5.75 Å². The van der Waals surface area contributed by atoms with Crippen molar-refractivity contribution in [2.45, 2.75) is 25.3 Å². The van der Waals surface area contributed by atoms with Crippen molar-refractivity contribution in [3.05, 3.63) is 65.5 Å². The highest BCUT2D eigenvalue weighted by Crippen LogP contribution is 2.36. The Kier molecular flexibility index (Phi) is 4.20. The fraction of sp³-hybridized carbons (Fsp3) is 0.333. The van der Waals surface area contributed by atoms with Crippen LogP contribution >= 0.6 is 0 Å². The van der Waals surface area contributed by atoms with Crippen molar-refractivity contribution in [2.24, 2.45) is 0 Å². The molecular weight excluding hydrogens is 265 g/mol. The number of rotatable bonds is 5. The zero-order valence-corrected chi connectivity index (χ0v) is 12.2. The fourth-order valence-corrected chi connectivity index (χ4v) is 3.06. The van der Waals surface area contributed by atoms with Crippen LogP contribution in [0, 0.1) is 5.82 Å². The van der Waals surface area contributed by atoms with E-state index in [9.17, 15) is 4.39 Å². The van der Waals surface area contributed by atoms with Crippen molar-refractivity contribution >= 4 is 0 Å². The van der Waals surface area contributed by atoms with E-state index in [1.165, 1.54) is 11.6 Å². The number of benzene rings is 2. The molecule has 3 rings (SSSR count). The van der Waals surface area contributed by atoms with Gasteiger partial charge in [0.15, 0.2) is 0 Å². The lowest BCUT2D eigenvalue weighted by molar-refractivity contribution is 0.298. The van der Waals surface area contributed by atoms with Gasteiger partial charge in [0.25, 0.3) is 0 Å². The van der Waals surface area contributed by atoms with Crippen LogP contribution in [0.4, 0.5) is 4.39 Å². The minimum atomic E-state index is -0.175. The molecule has 0 bridgehead atoms. The van der Waals surface area contributed by atoms with Gasteiger partial charge in [-0.2, -0.15) is 0 Å². The van der Waals surface area contributed by atoms with E-state index in [0.29, 0.717) is 12.5 Å². The zero-order chi connectivity index (χ0) is 14.7. The van der Waals surface area contributed by atoms with E-state index in [4.69, 9.17) is 4.74 Å². The van der Waals surface area contributed by atoms with Gasteiger partial charge < -0.3 is 10.1 Å². The minimum Gasteiger partial charge on any atom is -0.493 e. The number of hydrogen-bond acceptors (Lipinski definition) is 2. The van der Waals surface area contributed by atoms with Crippen LogP contribution in [-0.4, -0.2) is 19.2 Å². The van der Waals surface area contributed by atoms with Crippen LogP contribution in [0.3, 0.4) is 0 Å². The Hall–Kier alpha value is -1.87. The Bertz CT molecular complexity index is 614. The summed E-state index contributed by atoms with van der Waals surface area (Å²) >= 11 is 0. The van der Waals surface area contributed by atoms with Crippen LogP contribution in [0.25, 0.3) is 0 Å². The number of para-hydroxylation sites is 1. The van der Waals surface area contributed by atoms with E-state index in [0.717, 1.165) is 24.3 Å². The summed E-state index contributed by atoms with van der Waals surface area (Å²) in [6.45, 7) is 3.67. The molecule has 1 N–H and O–H groups in total. The zero-order valence-electron chi connectivity index (χ0n) is 12.2. The van der Waals surface area contributed by atoms with Gasteiger partial charge in [-0.05, 0) is 36.7 Å². The highest BCUT2D eigenvalue weighted by molar-refractivity contribution is 5.41. The van der Waals surface area contributed by atoms with Gasteiger partial charge in [-0.25, -0.2) is 4.39 Å². The number of halogens is 1. The maximum Gasteiger partial charge on any atom is 0.123 e. The third kappa shape index (κ3) is 3.08. The minimum absolute atomic E-state index is 0.175. The summed E-state index contributed by atoms with van der Waals surface area (Å²) < 4.78 is 19.2. The van der Waals surface area contributed by atoms with Crippen molar-refractivity contribution in [1.29, 1.82) is 0 Å². The molecule has 21 heavy (non-hydrogen) atoms. The third-order valence-corrected chi connectivity index (χ3v) is 4.03. The van der Waals surface area contributed by atoms with Crippen LogP contribution in [0.2, 0.25) is 0 Å². The Morgan fingerprint density at radius 3 is 2.90 bits per heavy atom. The van der Waals surface area contributed by atoms with E-state index >= 15 is 0 Å². The molecular formula is C18H20FNO. The highest BCUT2D eigenvalue weighted by Gasteiger charge is 2.30. The molecule has 110 valence electrons. The van der Waals surface area contributed by atoms with E-state index in [1.54, 1.807) is 12.1 Å². The van der Waals surface area contributed by atoms with Crippen LogP contribution in [0.1, 0.15) is 24.0 Å². The molecule has 0 radical (unpaired) electrons. The van der Waals surface area contributed by atoms with Crippen molar-refractivity contribution in [3.63, 3.8) is 0 Å². The van der Waals surface area contributed by atoms with E-state index in [1.807, 2.05) is 24.3 Å². The molecule has 0 aromatic heterocycles. The average Bonchev–Trinajstić information content (AvgIpc) is 2.91. The quantitative estimate of drug-likeness (QED) is 0.907. The molecule has 0 saturated heterocycles. The number of likely N-dealkylation sites (N-methyl/N-ethyl adjacent to an activating group) is 1. The van der Waals surface area contributed by atoms with Crippen LogP contribution in [0.15, 0.2) is 48.5 Å². The molecule has 2 aromatic rings. The Morgan fingerprint density at radius 1 is 1.24 bits per heavy atom. The van der Waals surface area contributed by atoms with Crippen molar-refractivity contribution < 1.29 is 9.13 Å². The predicted molar refractivity (Wildman–Crippen MR) is 82.2 cm³/mol. The summed E-state index contributed by atoms with van der Waals surface area (Å²) in [5.41, 5.74) is 2.27. The van der Waals surface area contributed by atoms with E-state index < -0.39 is 0 Å². The number of nitrogens with one attached hydrogen (secondary N) is 1. The summed E-state index contributed by atoms with van der Waals surface area (Å²) in [4.78, 5) is 0. The summed E-state index contributed by atoms with van der Waals surface area (Å²) in [6, 6.07) is 15.3. The van der Waals surface area contributed by atoms with E-state index in [-0.39, 0.29) is 11.9 Å². The number of ether oxygens (including phenoxy) is 1. The molecule has 2 aromatic carbocycles. The van der Waals surface area contributed by atoms with Gasteiger partial charge in [-0.3, -0.25) is 0 Å². The van der Waals surface area contributed by atoms with Gasteiger partial charge in [0.2, 0.25) is 0 Å². The first-order valence-corrected chi connectivity index (χ1v) is 7.47. The number of hydrogen-bond donors (Lipinski definition) is 1. The highest BCUT2D eigenvalue weighted by atomic mass is 19.1. The van der Waals surface area contributed by atoms with E-state index in [2.05, 4.69) is 18.3 Å². The summed E-state index contributed by atoms with van der Waals surface area (Å²) in [5.74, 6) is 1.11. The van der Waals surface area contributed by atoms with Gasteiger partial charge in [0.1, 0.15) is 11.6 Å². The molecule has 3 heteroatoms. The van der Waals surface area contributed by atoms with Gasteiger partial charge >= 0.3 is 0 Å². The molecule has 2 unspecified atom stereocenters. The van der Waals surface area contributed by atoms with Crippen LogP contribution < -0.4 is 10.1 Å². The first-order chi connectivity index (χ1) is 10.3. The van der Waals surface area contributed by atoms with Crippen LogP contribution in [-0.2, 0) is 6.42 Å². The summed E-state index contributed by atoms with van der Waals surface area (Å²) in [6.07, 6.45) is 0.800. The molecule has 0 saturated carbocycles. The monoisotopic (exact) mass is 285 g/mol. The molecule has 1 heterocycles. The molecule has 1 aliphatic rings. The molecule has 2 nitrogen and oxygen atoms in total. The molecule has 0 amide bonds. The van der Waals surface area contributed by atoms with Crippen molar-refractivity contribution in [1.82, 2.24) is 5.32 Å². The smallest absolute Gasteiger partial charge is 0.123 e. The maximum atomic E-state index is 13.4. The molecule has 2 atom stereocenters. The maximum absolute atomic E-state index is 13.4. The van der Waals surface area contributed by atoms with Gasteiger partial charge in [0.05, 0.1) is 6.61 Å². The fourth-order valence-electron chi connectivity index (χ4n) is 3.06. The SMILES string of the molecule is CCNC(Cc1cccc(F)c1)C1COc2ccccc21. The lowest BCUT2D eigenvalue weighted by Gasteiger charge is -2.24. The second-order valence-corrected chi connectivity index (χ2v) is 5.45. The third-order valence-electron chi connectivity index (χ3n) is 4.03. The van der Waals surface area contributed by atoms with Crippen molar-refractivity contribution in [2.75, 3.05) is 13.2 Å². The summed E-state index contributed by atoms with van der Waals surface area (Å²) in [5, 5.41) is 3.53. The van der Waals surface area contributed by atoms with Crippen molar-refractivity contribution in [3.8, 4) is 5.75 Å². The molecule has 0 spiro atoms. The second kappa shape index (κ2) is 6.27. The lowest BCUT2D eigenvalue weighted by atomic mass is 9.89. The largest absolute Gasteiger partial charge is 0.493 e. The first-order valence-electron chi connectivity index (χ1n) is 7.47. The molecule has 0 fully saturated rings. The molecule has 0 aliphatic carbocycles. The topological polar surface area (TPSA) is 21.3 Å². The average molecular weight is 285 g/mol. The first kappa shape index (κ1) is 14.1. The Balaban J connectivity index is 1.82.